The van der Waals surface area contributed by atoms with E-state index in [2.05, 4.69) is 14.7 Å². The van der Waals surface area contributed by atoms with E-state index < -0.39 is 14.9 Å². The average Bonchev–Trinajstić information content (AvgIpc) is 2.68. The van der Waals surface area contributed by atoms with Crippen molar-refractivity contribution in [2.75, 3.05) is 11.8 Å². The van der Waals surface area contributed by atoms with Crippen molar-refractivity contribution in [2.24, 2.45) is 0 Å². The highest BCUT2D eigenvalue weighted by molar-refractivity contribution is 7.92. The van der Waals surface area contributed by atoms with Crippen LogP contribution in [0.4, 0.5) is 11.4 Å². The summed E-state index contributed by atoms with van der Waals surface area (Å²) in [5.74, 6) is 0.541. The first kappa shape index (κ1) is 19.0. The predicted molar refractivity (Wildman–Crippen MR) is 99.0 cm³/mol. The summed E-state index contributed by atoms with van der Waals surface area (Å²) in [5, 5.41) is 11.0. The number of sulfonamides is 1. The number of ether oxygens (including phenoxy) is 2. The average molecular weight is 402 g/mol. The molecule has 0 aliphatic carbocycles. The smallest absolute Gasteiger partial charge is 0.271 e. The lowest BCUT2D eigenvalue weighted by Crippen LogP contribution is -2.14. The zero-order chi connectivity index (χ0) is 20.1. The standard InChI is InChI=1S/C17H14N4O6S/c1-26-15-6-5-13(21(22)23)10-16(15)28(24,25)20-12-3-2-4-14(9-12)27-17-11-18-7-8-19-17/h2-11,20H,1H3. The molecule has 0 spiro atoms. The van der Waals surface area contributed by atoms with Crippen LogP contribution >= 0.6 is 0 Å². The molecule has 0 atom stereocenters. The van der Waals surface area contributed by atoms with E-state index in [4.69, 9.17) is 9.47 Å². The Morgan fingerprint density at radius 3 is 2.64 bits per heavy atom. The Morgan fingerprint density at radius 2 is 1.96 bits per heavy atom. The first-order valence-electron chi connectivity index (χ1n) is 7.78. The largest absolute Gasteiger partial charge is 0.495 e. The number of methoxy groups -OCH3 is 1. The highest BCUT2D eigenvalue weighted by Gasteiger charge is 2.23. The lowest BCUT2D eigenvalue weighted by molar-refractivity contribution is -0.385. The first-order valence-corrected chi connectivity index (χ1v) is 9.26. The van der Waals surface area contributed by atoms with Crippen molar-refractivity contribution in [1.82, 2.24) is 9.97 Å². The van der Waals surface area contributed by atoms with Crippen LogP contribution in [0.15, 0.2) is 66.0 Å². The maximum Gasteiger partial charge on any atom is 0.271 e. The summed E-state index contributed by atoms with van der Waals surface area (Å²) in [6.45, 7) is 0. The molecule has 1 aromatic heterocycles. The molecule has 3 rings (SSSR count). The molecule has 2 aromatic carbocycles. The number of hydrogen-bond donors (Lipinski definition) is 1. The van der Waals surface area contributed by atoms with Crippen molar-refractivity contribution in [3.8, 4) is 17.4 Å². The number of benzene rings is 2. The van der Waals surface area contributed by atoms with Gasteiger partial charge in [-0.2, -0.15) is 0 Å². The minimum atomic E-state index is -4.16. The van der Waals surface area contributed by atoms with Gasteiger partial charge in [-0.05, 0) is 18.2 Å². The number of nitrogens with zero attached hydrogens (tertiary/aromatic N) is 3. The number of non-ortho nitro benzene ring substituents is 1. The summed E-state index contributed by atoms with van der Waals surface area (Å²) in [5.41, 5.74) is -0.184. The number of nitrogens with one attached hydrogen (secondary N) is 1. The normalized spacial score (nSPS) is 10.9. The Morgan fingerprint density at radius 1 is 1.14 bits per heavy atom. The number of aromatic nitrogens is 2. The summed E-state index contributed by atoms with van der Waals surface area (Å²) in [6, 6.07) is 9.45. The van der Waals surface area contributed by atoms with E-state index in [1.165, 1.54) is 43.9 Å². The number of nitro groups is 1. The minimum absolute atomic E-state index is 0.0231. The van der Waals surface area contributed by atoms with E-state index in [1.54, 1.807) is 12.1 Å². The summed E-state index contributed by atoms with van der Waals surface area (Å²) in [4.78, 5) is 17.8. The van der Waals surface area contributed by atoms with Crippen LogP contribution in [0.2, 0.25) is 0 Å². The second kappa shape index (κ2) is 7.88. The first-order chi connectivity index (χ1) is 13.4. The molecular weight excluding hydrogens is 388 g/mol. The fourth-order valence-corrected chi connectivity index (χ4v) is 3.52. The van der Waals surface area contributed by atoms with Crippen molar-refractivity contribution >= 4 is 21.4 Å². The van der Waals surface area contributed by atoms with Crippen LogP contribution in [0.5, 0.6) is 17.4 Å². The molecule has 0 fully saturated rings. The molecule has 1 heterocycles. The molecule has 0 saturated carbocycles. The summed E-state index contributed by atoms with van der Waals surface area (Å²) in [6.07, 6.45) is 4.35. The third-order valence-corrected chi connectivity index (χ3v) is 4.90. The Bertz CT molecular complexity index is 1110. The molecule has 0 saturated heterocycles. The molecule has 11 heteroatoms. The summed E-state index contributed by atoms with van der Waals surface area (Å²) < 4.78 is 38.4. The molecule has 28 heavy (non-hydrogen) atoms. The van der Waals surface area contributed by atoms with Crippen LogP contribution in [-0.4, -0.2) is 30.4 Å². The maximum absolute atomic E-state index is 12.7. The molecule has 3 aromatic rings. The van der Waals surface area contributed by atoms with Crippen LogP contribution in [0.1, 0.15) is 0 Å². The van der Waals surface area contributed by atoms with Crippen LogP contribution in [0.25, 0.3) is 0 Å². The second-order valence-electron chi connectivity index (χ2n) is 5.37. The van der Waals surface area contributed by atoms with Gasteiger partial charge in [-0.15, -0.1) is 0 Å². The van der Waals surface area contributed by atoms with Gasteiger partial charge in [-0.25, -0.2) is 13.4 Å². The second-order valence-corrected chi connectivity index (χ2v) is 7.02. The van der Waals surface area contributed by atoms with E-state index in [0.717, 1.165) is 12.1 Å². The van der Waals surface area contributed by atoms with Crippen molar-refractivity contribution in [2.45, 2.75) is 4.90 Å². The van der Waals surface area contributed by atoms with Crippen molar-refractivity contribution < 1.29 is 22.8 Å². The van der Waals surface area contributed by atoms with Gasteiger partial charge < -0.3 is 9.47 Å². The molecule has 10 nitrogen and oxygen atoms in total. The van der Waals surface area contributed by atoms with E-state index in [9.17, 15) is 18.5 Å². The minimum Gasteiger partial charge on any atom is -0.495 e. The highest BCUT2D eigenvalue weighted by Crippen LogP contribution is 2.30. The molecule has 1 N–H and O–H groups in total. The number of nitro benzene ring substituents is 1. The lowest BCUT2D eigenvalue weighted by Gasteiger charge is -2.12. The van der Waals surface area contributed by atoms with Gasteiger partial charge in [-0.1, -0.05) is 6.07 Å². The van der Waals surface area contributed by atoms with E-state index in [0.29, 0.717) is 5.75 Å². The van der Waals surface area contributed by atoms with E-state index in [-0.39, 0.29) is 27.9 Å². The van der Waals surface area contributed by atoms with E-state index in [1.807, 2.05) is 0 Å². The summed E-state index contributed by atoms with van der Waals surface area (Å²) >= 11 is 0. The Hall–Kier alpha value is -3.73. The summed E-state index contributed by atoms with van der Waals surface area (Å²) in [7, 11) is -2.89. The zero-order valence-corrected chi connectivity index (χ0v) is 15.3. The molecule has 144 valence electrons. The van der Waals surface area contributed by atoms with Gasteiger partial charge in [0.15, 0.2) is 0 Å². The van der Waals surface area contributed by atoms with Crippen LogP contribution in [-0.2, 0) is 10.0 Å². The SMILES string of the molecule is COc1ccc([N+](=O)[O-])cc1S(=O)(=O)Nc1cccc(Oc2cnccn2)c1. The van der Waals surface area contributed by atoms with Gasteiger partial charge in [0.2, 0.25) is 5.88 Å². The fraction of sp³-hybridized carbons (Fsp3) is 0.0588. The Balaban J connectivity index is 1.90. The topological polar surface area (TPSA) is 134 Å². The van der Waals surface area contributed by atoms with E-state index >= 15 is 0 Å². The number of rotatable bonds is 7. The molecule has 0 unspecified atom stereocenters. The van der Waals surface area contributed by atoms with Gasteiger partial charge in [0.1, 0.15) is 16.4 Å². The Labute approximate surface area is 160 Å². The van der Waals surface area contributed by atoms with Crippen LogP contribution in [0.3, 0.4) is 0 Å². The Kier molecular flexibility index (Phi) is 5.36. The molecule has 0 radical (unpaired) electrons. The van der Waals surface area contributed by atoms with Crippen molar-refractivity contribution in [1.29, 1.82) is 0 Å². The molecule has 0 bridgehead atoms. The van der Waals surface area contributed by atoms with Gasteiger partial charge in [-0.3, -0.25) is 19.8 Å². The molecule has 0 aliphatic rings. The number of hydrogen-bond acceptors (Lipinski definition) is 8. The lowest BCUT2D eigenvalue weighted by atomic mass is 10.3. The predicted octanol–water partition coefficient (Wildman–Crippen LogP) is 2.99. The quantitative estimate of drug-likeness (QED) is 0.471. The van der Waals surface area contributed by atoms with Crippen molar-refractivity contribution in [3.05, 3.63) is 71.2 Å². The van der Waals surface area contributed by atoms with Gasteiger partial charge in [0.05, 0.1) is 23.9 Å². The molecule has 0 aliphatic heterocycles. The monoisotopic (exact) mass is 402 g/mol. The molecule has 0 amide bonds. The van der Waals surface area contributed by atoms with Gasteiger partial charge >= 0.3 is 0 Å². The zero-order valence-electron chi connectivity index (χ0n) is 14.5. The van der Waals surface area contributed by atoms with Crippen molar-refractivity contribution in [3.63, 3.8) is 0 Å². The van der Waals surface area contributed by atoms with Gasteiger partial charge in [0, 0.05) is 30.6 Å². The molecular formula is C17H14N4O6S. The van der Waals surface area contributed by atoms with Gasteiger partial charge in [0.25, 0.3) is 15.7 Å². The third kappa shape index (κ3) is 4.32. The third-order valence-electron chi connectivity index (χ3n) is 3.50. The number of anilines is 1. The van der Waals surface area contributed by atoms with Crippen LogP contribution in [0, 0.1) is 10.1 Å². The highest BCUT2D eigenvalue weighted by atomic mass is 32.2. The maximum atomic E-state index is 12.7. The van der Waals surface area contributed by atoms with Crippen LogP contribution < -0.4 is 14.2 Å². The fourth-order valence-electron chi connectivity index (χ4n) is 2.28.